The topological polar surface area (TPSA) is 97.1 Å². The van der Waals surface area contributed by atoms with Crippen LogP contribution in [-0.4, -0.2) is 71.4 Å². The van der Waals surface area contributed by atoms with E-state index in [2.05, 4.69) is 10.5 Å². The molecule has 1 aromatic heterocycles. The number of hydrogen-bond donors (Lipinski definition) is 1. The molecule has 3 saturated heterocycles. The molecule has 4 aliphatic rings. The zero-order valence-corrected chi connectivity index (χ0v) is 25.3. The molecule has 9 nitrogen and oxygen atoms in total. The van der Waals surface area contributed by atoms with Gasteiger partial charge in [0.05, 0.1) is 36.0 Å². The number of aromatic nitrogens is 1. The van der Waals surface area contributed by atoms with E-state index in [-0.39, 0.29) is 30.1 Å². The van der Waals surface area contributed by atoms with Crippen molar-refractivity contribution < 1.29 is 23.6 Å². The highest BCUT2D eigenvalue weighted by molar-refractivity contribution is 6.39. The summed E-state index contributed by atoms with van der Waals surface area (Å²) >= 11 is 13.1. The molecule has 43 heavy (non-hydrogen) atoms. The summed E-state index contributed by atoms with van der Waals surface area (Å²) in [6.45, 7) is 2.59. The number of morpholine rings is 1. The summed E-state index contributed by atoms with van der Waals surface area (Å²) in [5, 5.41) is 8.48. The number of urea groups is 1. The molecule has 1 saturated carbocycles. The summed E-state index contributed by atoms with van der Waals surface area (Å²) < 4.78 is 17.7. The average molecular weight is 626 g/mol. The molecule has 3 atom stereocenters. The zero-order valence-electron chi connectivity index (χ0n) is 23.8. The number of halogens is 2. The molecule has 11 heteroatoms. The van der Waals surface area contributed by atoms with E-state index in [1.165, 1.54) is 0 Å². The standard InChI is InChI=1S/C32H34Cl2N4O5/c33-26-5-2-6-27(34)28(26)29-25(30(43-36-29)19-7-8-19)18-42-24-16-22-9-10-23(17-24)38(22)32(40)35-21-4-1-3-20(15-21)31(39)37-11-13-41-14-12-37/h1-6,15,19,22-24H,7-14,16-18H2,(H,35,40)/t22-,23?,24?/m0/s1. The van der Waals surface area contributed by atoms with Crippen LogP contribution in [0.15, 0.2) is 47.0 Å². The highest BCUT2D eigenvalue weighted by atomic mass is 35.5. The van der Waals surface area contributed by atoms with Crippen molar-refractivity contribution in [2.24, 2.45) is 0 Å². The van der Waals surface area contributed by atoms with Crippen molar-refractivity contribution in [2.75, 3.05) is 31.6 Å². The smallest absolute Gasteiger partial charge is 0.322 e. The lowest BCUT2D eigenvalue weighted by atomic mass is 9.99. The molecule has 2 aromatic carbocycles. The fourth-order valence-electron chi connectivity index (χ4n) is 6.71. The summed E-state index contributed by atoms with van der Waals surface area (Å²) in [4.78, 5) is 30.2. The van der Waals surface area contributed by atoms with Gasteiger partial charge in [0, 0.05) is 53.5 Å². The third-order valence-electron chi connectivity index (χ3n) is 9.01. The average Bonchev–Trinajstić information content (AvgIpc) is 3.72. The highest BCUT2D eigenvalue weighted by Gasteiger charge is 2.44. The molecular weight excluding hydrogens is 591 g/mol. The number of amides is 3. The van der Waals surface area contributed by atoms with Gasteiger partial charge >= 0.3 is 6.03 Å². The van der Waals surface area contributed by atoms with Gasteiger partial charge in [-0.25, -0.2) is 4.79 Å². The van der Waals surface area contributed by atoms with Crippen LogP contribution in [0, 0.1) is 0 Å². The van der Waals surface area contributed by atoms with E-state index in [1.54, 1.807) is 29.2 Å². The first kappa shape index (κ1) is 28.6. The molecule has 4 heterocycles. The van der Waals surface area contributed by atoms with E-state index in [9.17, 15) is 9.59 Å². The highest BCUT2D eigenvalue weighted by Crippen LogP contribution is 2.46. The fraction of sp³-hybridized carbons (Fsp3) is 0.469. The number of anilines is 1. The van der Waals surface area contributed by atoms with Gasteiger partial charge in [-0.3, -0.25) is 4.79 Å². The minimum Gasteiger partial charge on any atom is -0.378 e. The molecular formula is C32H34Cl2N4O5. The first-order valence-electron chi connectivity index (χ1n) is 15.1. The van der Waals surface area contributed by atoms with Gasteiger partial charge in [-0.1, -0.05) is 40.5 Å². The predicted molar refractivity (Wildman–Crippen MR) is 163 cm³/mol. The monoisotopic (exact) mass is 624 g/mol. The number of piperidine rings is 1. The molecule has 3 amide bonds. The van der Waals surface area contributed by atoms with Crippen LogP contribution in [0.5, 0.6) is 0 Å². The normalized spacial score (nSPS) is 23.4. The van der Waals surface area contributed by atoms with Crippen LogP contribution in [0.4, 0.5) is 10.5 Å². The molecule has 3 aliphatic heterocycles. The number of fused-ring (bicyclic) bond motifs is 2. The summed E-state index contributed by atoms with van der Waals surface area (Å²) in [5.74, 6) is 1.17. The quantitative estimate of drug-likeness (QED) is 0.312. The third-order valence-corrected chi connectivity index (χ3v) is 9.64. The van der Waals surface area contributed by atoms with Crippen LogP contribution >= 0.6 is 23.2 Å². The van der Waals surface area contributed by atoms with Crippen LogP contribution in [0.25, 0.3) is 11.3 Å². The number of carbonyl (C=O) groups is 2. The number of benzene rings is 2. The van der Waals surface area contributed by atoms with Gasteiger partial charge in [0.2, 0.25) is 0 Å². The molecule has 1 N–H and O–H groups in total. The van der Waals surface area contributed by atoms with E-state index in [0.717, 1.165) is 49.8 Å². The number of carbonyl (C=O) groups excluding carboxylic acids is 2. The Kier molecular flexibility index (Phi) is 8.07. The minimum absolute atomic E-state index is 0.00698. The van der Waals surface area contributed by atoms with Gasteiger partial charge in [0.25, 0.3) is 5.91 Å². The number of rotatable bonds is 7. The largest absolute Gasteiger partial charge is 0.378 e. The van der Waals surface area contributed by atoms with E-state index in [4.69, 9.17) is 37.2 Å². The second-order valence-corrected chi connectivity index (χ2v) is 12.7. The lowest BCUT2D eigenvalue weighted by Gasteiger charge is -2.38. The Morgan fingerprint density at radius 3 is 2.37 bits per heavy atom. The van der Waals surface area contributed by atoms with Gasteiger partial charge in [-0.05, 0) is 68.9 Å². The summed E-state index contributed by atoms with van der Waals surface area (Å²) in [6, 6.07) is 12.6. The molecule has 3 aromatic rings. The Hall–Kier alpha value is -3.11. The molecule has 0 radical (unpaired) electrons. The maximum Gasteiger partial charge on any atom is 0.322 e. The third kappa shape index (κ3) is 5.88. The van der Waals surface area contributed by atoms with Gasteiger partial charge in [0.1, 0.15) is 11.5 Å². The van der Waals surface area contributed by atoms with Crippen LogP contribution in [0.3, 0.4) is 0 Å². The number of hydrogen-bond acceptors (Lipinski definition) is 6. The van der Waals surface area contributed by atoms with Gasteiger partial charge in [0.15, 0.2) is 0 Å². The molecule has 7 rings (SSSR count). The van der Waals surface area contributed by atoms with E-state index in [1.807, 2.05) is 23.1 Å². The lowest BCUT2D eigenvalue weighted by Crippen LogP contribution is -2.50. The van der Waals surface area contributed by atoms with Crippen molar-refractivity contribution in [1.29, 1.82) is 0 Å². The number of nitrogens with zero attached hydrogens (tertiary/aromatic N) is 3. The SMILES string of the molecule is O=C(c1cccc(NC(=O)N2C3CC[C@H]2CC(OCc2c(-c4c(Cl)cccc4Cl)noc2C2CC2)C3)c1)N1CCOCC1. The van der Waals surface area contributed by atoms with Crippen molar-refractivity contribution in [3.8, 4) is 11.3 Å². The maximum absolute atomic E-state index is 13.5. The number of ether oxygens (including phenoxy) is 2. The van der Waals surface area contributed by atoms with Crippen LogP contribution < -0.4 is 5.32 Å². The van der Waals surface area contributed by atoms with Crippen LogP contribution in [0.1, 0.15) is 66.1 Å². The van der Waals surface area contributed by atoms with E-state index < -0.39 is 0 Å². The van der Waals surface area contributed by atoms with E-state index in [0.29, 0.717) is 71.4 Å². The summed E-state index contributed by atoms with van der Waals surface area (Å²) in [6.07, 6.45) is 5.53. The Morgan fingerprint density at radius 2 is 1.67 bits per heavy atom. The Bertz CT molecular complexity index is 1480. The Balaban J connectivity index is 1.00. The molecule has 2 unspecified atom stereocenters. The van der Waals surface area contributed by atoms with Crippen molar-refractivity contribution >= 4 is 40.8 Å². The van der Waals surface area contributed by atoms with Gasteiger partial charge in [-0.2, -0.15) is 0 Å². The predicted octanol–water partition coefficient (Wildman–Crippen LogP) is 6.74. The van der Waals surface area contributed by atoms with Crippen molar-refractivity contribution in [3.05, 3.63) is 69.4 Å². The summed E-state index contributed by atoms with van der Waals surface area (Å²) in [7, 11) is 0. The van der Waals surface area contributed by atoms with Gasteiger partial charge < -0.3 is 29.1 Å². The first-order chi connectivity index (χ1) is 21.0. The zero-order chi connectivity index (χ0) is 29.5. The van der Waals surface area contributed by atoms with Gasteiger partial charge in [-0.15, -0.1) is 0 Å². The Labute approximate surface area is 260 Å². The Morgan fingerprint density at radius 1 is 0.977 bits per heavy atom. The van der Waals surface area contributed by atoms with E-state index >= 15 is 0 Å². The number of nitrogens with one attached hydrogen (secondary N) is 1. The molecule has 4 fully saturated rings. The molecule has 1 aliphatic carbocycles. The van der Waals surface area contributed by atoms with Crippen LogP contribution in [0.2, 0.25) is 10.0 Å². The summed E-state index contributed by atoms with van der Waals surface area (Å²) in [5.41, 5.74) is 3.41. The van der Waals surface area contributed by atoms with Crippen molar-refractivity contribution in [1.82, 2.24) is 15.0 Å². The minimum atomic E-state index is -0.132. The fourth-order valence-corrected chi connectivity index (χ4v) is 7.29. The molecule has 2 bridgehead atoms. The lowest BCUT2D eigenvalue weighted by molar-refractivity contribution is -0.0158. The van der Waals surface area contributed by atoms with Crippen molar-refractivity contribution in [2.45, 2.75) is 69.2 Å². The second kappa shape index (κ2) is 12.1. The maximum atomic E-state index is 13.5. The molecule has 226 valence electrons. The first-order valence-corrected chi connectivity index (χ1v) is 15.8. The second-order valence-electron chi connectivity index (χ2n) is 11.9. The molecule has 0 spiro atoms. The van der Waals surface area contributed by atoms with Crippen LogP contribution in [-0.2, 0) is 16.1 Å². The van der Waals surface area contributed by atoms with Crippen molar-refractivity contribution in [3.63, 3.8) is 0 Å².